The first-order valence-corrected chi connectivity index (χ1v) is 5.92. The lowest BCUT2D eigenvalue weighted by molar-refractivity contribution is -0.112. The van der Waals surface area contributed by atoms with E-state index in [-0.39, 0.29) is 0 Å². The topological polar surface area (TPSA) is 67.4 Å². The number of ether oxygens (including phenoxy) is 1. The average Bonchev–Trinajstić information content (AvgIpc) is 2.61. The summed E-state index contributed by atoms with van der Waals surface area (Å²) in [7, 11) is 1.64. The molecule has 0 aromatic heterocycles. The lowest BCUT2D eigenvalue weighted by atomic mass is 10.1. The predicted octanol–water partition coefficient (Wildman–Crippen LogP) is 1.06. The first-order chi connectivity index (χ1) is 8.22. The Morgan fingerprint density at radius 2 is 2.24 bits per heavy atom. The van der Waals surface area contributed by atoms with E-state index in [0.717, 1.165) is 4.90 Å². The SMILES string of the molecule is COCCNSc1ccc2c(c1)C(=O)C(=O)N2. The van der Waals surface area contributed by atoms with E-state index < -0.39 is 11.7 Å². The minimum atomic E-state index is -0.561. The summed E-state index contributed by atoms with van der Waals surface area (Å²) in [6, 6.07) is 5.29. The molecule has 17 heavy (non-hydrogen) atoms. The molecule has 1 amide bonds. The molecule has 6 heteroatoms. The Morgan fingerprint density at radius 1 is 1.41 bits per heavy atom. The summed E-state index contributed by atoms with van der Waals surface area (Å²) >= 11 is 1.41. The van der Waals surface area contributed by atoms with E-state index >= 15 is 0 Å². The largest absolute Gasteiger partial charge is 0.383 e. The summed E-state index contributed by atoms with van der Waals surface area (Å²) in [6.45, 7) is 1.33. The van der Waals surface area contributed by atoms with E-state index in [9.17, 15) is 9.59 Å². The molecule has 5 nitrogen and oxygen atoms in total. The zero-order valence-corrected chi connectivity index (χ0v) is 10.1. The Labute approximate surface area is 103 Å². The molecule has 90 valence electrons. The highest BCUT2D eigenvalue weighted by molar-refractivity contribution is 7.97. The molecular weight excluding hydrogens is 240 g/mol. The molecule has 0 aliphatic carbocycles. The number of hydrogen-bond donors (Lipinski definition) is 2. The monoisotopic (exact) mass is 252 g/mol. The minimum Gasteiger partial charge on any atom is -0.383 e. The second-order valence-electron chi connectivity index (χ2n) is 3.48. The number of rotatable bonds is 5. The van der Waals surface area contributed by atoms with Crippen molar-refractivity contribution in [1.82, 2.24) is 4.72 Å². The molecule has 1 aliphatic rings. The lowest BCUT2D eigenvalue weighted by Crippen LogP contribution is -2.12. The van der Waals surface area contributed by atoms with E-state index in [4.69, 9.17) is 4.74 Å². The summed E-state index contributed by atoms with van der Waals surface area (Å²) < 4.78 is 8.00. The van der Waals surface area contributed by atoms with Crippen molar-refractivity contribution in [1.29, 1.82) is 0 Å². The number of amides is 1. The van der Waals surface area contributed by atoms with E-state index in [2.05, 4.69) is 10.0 Å². The van der Waals surface area contributed by atoms with E-state index in [1.54, 1.807) is 19.2 Å². The summed E-state index contributed by atoms with van der Waals surface area (Å²) in [4.78, 5) is 23.5. The zero-order chi connectivity index (χ0) is 12.3. The van der Waals surface area contributed by atoms with Crippen LogP contribution >= 0.6 is 11.9 Å². The van der Waals surface area contributed by atoms with Crippen LogP contribution in [0.4, 0.5) is 5.69 Å². The van der Waals surface area contributed by atoms with Crippen LogP contribution in [0.2, 0.25) is 0 Å². The van der Waals surface area contributed by atoms with Gasteiger partial charge in [0.15, 0.2) is 0 Å². The Bertz CT molecular complexity index is 462. The van der Waals surface area contributed by atoms with Gasteiger partial charge in [-0.2, -0.15) is 0 Å². The first-order valence-electron chi connectivity index (χ1n) is 5.11. The number of anilines is 1. The van der Waals surface area contributed by atoms with Crippen LogP contribution in [0.3, 0.4) is 0 Å². The van der Waals surface area contributed by atoms with Gasteiger partial charge in [0, 0.05) is 18.6 Å². The number of ketones is 1. The van der Waals surface area contributed by atoms with Crippen LogP contribution in [0.1, 0.15) is 10.4 Å². The number of fused-ring (bicyclic) bond motifs is 1. The summed E-state index contributed by atoms with van der Waals surface area (Å²) in [6.07, 6.45) is 0. The Balaban J connectivity index is 2.02. The fraction of sp³-hybridized carbons (Fsp3) is 0.273. The summed E-state index contributed by atoms with van der Waals surface area (Å²) in [5.41, 5.74) is 1.02. The lowest BCUT2D eigenvalue weighted by Gasteiger charge is -2.04. The number of carbonyl (C=O) groups excluding carboxylic acids is 2. The second kappa shape index (κ2) is 5.31. The van der Waals surface area contributed by atoms with Crippen LogP contribution in [0.25, 0.3) is 0 Å². The van der Waals surface area contributed by atoms with Gasteiger partial charge >= 0.3 is 0 Å². The smallest absolute Gasteiger partial charge is 0.296 e. The molecular formula is C11H12N2O3S. The fourth-order valence-electron chi connectivity index (χ4n) is 1.46. The van der Waals surface area contributed by atoms with E-state index in [1.807, 2.05) is 6.07 Å². The number of nitrogens with one attached hydrogen (secondary N) is 2. The third-order valence-corrected chi connectivity index (χ3v) is 3.13. The minimum absolute atomic E-state index is 0.438. The Kier molecular flexibility index (Phi) is 3.78. The highest BCUT2D eigenvalue weighted by atomic mass is 32.2. The van der Waals surface area contributed by atoms with Gasteiger partial charge in [-0.05, 0) is 30.1 Å². The maximum Gasteiger partial charge on any atom is 0.296 e. The molecule has 0 fully saturated rings. The molecule has 1 aromatic carbocycles. The second-order valence-corrected chi connectivity index (χ2v) is 4.44. The van der Waals surface area contributed by atoms with Crippen molar-refractivity contribution in [3.63, 3.8) is 0 Å². The van der Waals surface area contributed by atoms with Crippen molar-refractivity contribution in [2.75, 3.05) is 25.6 Å². The van der Waals surface area contributed by atoms with Gasteiger partial charge in [0.05, 0.1) is 17.9 Å². The highest BCUT2D eigenvalue weighted by Crippen LogP contribution is 2.27. The van der Waals surface area contributed by atoms with Gasteiger partial charge < -0.3 is 10.1 Å². The number of hydrogen-bond acceptors (Lipinski definition) is 5. The molecule has 0 unspecified atom stereocenters. The molecule has 0 spiro atoms. The van der Waals surface area contributed by atoms with Crippen LogP contribution in [-0.2, 0) is 9.53 Å². The third-order valence-electron chi connectivity index (χ3n) is 2.29. The van der Waals surface area contributed by atoms with Gasteiger partial charge in [0.2, 0.25) is 0 Å². The van der Waals surface area contributed by atoms with Gasteiger partial charge in [0.25, 0.3) is 11.7 Å². The molecule has 1 heterocycles. The zero-order valence-electron chi connectivity index (χ0n) is 9.28. The summed E-state index contributed by atoms with van der Waals surface area (Å²) in [5, 5.41) is 2.51. The van der Waals surface area contributed by atoms with Crippen LogP contribution in [0.15, 0.2) is 23.1 Å². The molecule has 1 aromatic rings. The van der Waals surface area contributed by atoms with Crippen LogP contribution in [-0.4, -0.2) is 32.0 Å². The van der Waals surface area contributed by atoms with Crippen molar-refractivity contribution in [2.45, 2.75) is 4.90 Å². The molecule has 2 rings (SSSR count). The van der Waals surface area contributed by atoms with E-state index in [1.165, 1.54) is 11.9 Å². The molecule has 0 atom stereocenters. The molecule has 1 aliphatic heterocycles. The van der Waals surface area contributed by atoms with Crippen molar-refractivity contribution in [3.8, 4) is 0 Å². The van der Waals surface area contributed by atoms with Crippen molar-refractivity contribution in [2.24, 2.45) is 0 Å². The molecule has 2 N–H and O–H groups in total. The van der Waals surface area contributed by atoms with Crippen molar-refractivity contribution in [3.05, 3.63) is 23.8 Å². The van der Waals surface area contributed by atoms with Gasteiger partial charge in [-0.3, -0.25) is 14.3 Å². The standard InChI is InChI=1S/C11H12N2O3S/c1-16-5-4-12-17-7-2-3-9-8(6-7)10(14)11(15)13-9/h2-3,6,12H,4-5H2,1H3,(H,13,14,15). The molecule has 0 saturated heterocycles. The maximum atomic E-state index is 11.5. The quantitative estimate of drug-likeness (QED) is 0.466. The predicted molar refractivity (Wildman–Crippen MR) is 65.1 cm³/mol. The summed E-state index contributed by atoms with van der Waals surface area (Å²) in [5.74, 6) is -1.03. The van der Waals surface area contributed by atoms with Crippen LogP contribution in [0, 0.1) is 0 Å². The molecule has 0 bridgehead atoms. The van der Waals surface area contributed by atoms with Gasteiger partial charge in [0.1, 0.15) is 0 Å². The molecule has 0 saturated carbocycles. The van der Waals surface area contributed by atoms with Crippen LogP contribution < -0.4 is 10.0 Å². The van der Waals surface area contributed by atoms with Crippen LogP contribution in [0.5, 0.6) is 0 Å². The number of Topliss-reactive ketones (excluding diaryl/α,β-unsaturated/α-hetero) is 1. The maximum absolute atomic E-state index is 11.5. The highest BCUT2D eigenvalue weighted by Gasteiger charge is 2.27. The first kappa shape index (κ1) is 12.1. The van der Waals surface area contributed by atoms with Crippen molar-refractivity contribution >= 4 is 29.3 Å². The molecule has 0 radical (unpaired) electrons. The Hall–Kier alpha value is -1.37. The fourth-order valence-corrected chi connectivity index (χ4v) is 2.13. The average molecular weight is 252 g/mol. The van der Waals surface area contributed by atoms with Crippen molar-refractivity contribution < 1.29 is 14.3 Å². The Morgan fingerprint density at radius 3 is 3.00 bits per heavy atom. The van der Waals surface area contributed by atoms with Gasteiger partial charge in [-0.25, -0.2) is 0 Å². The van der Waals surface area contributed by atoms with E-state index in [0.29, 0.717) is 24.4 Å². The number of methoxy groups -OCH3 is 1. The number of benzene rings is 1. The number of carbonyl (C=O) groups is 2. The normalized spacial score (nSPS) is 13.7. The van der Waals surface area contributed by atoms with Gasteiger partial charge in [-0.15, -0.1) is 0 Å². The third kappa shape index (κ3) is 2.66. The van der Waals surface area contributed by atoms with Gasteiger partial charge in [-0.1, -0.05) is 0 Å².